The van der Waals surface area contributed by atoms with Crippen LogP contribution < -0.4 is 5.73 Å². The van der Waals surface area contributed by atoms with Crippen LogP contribution in [0.2, 0.25) is 10.0 Å². The number of carbonyl (C=O) groups excluding carboxylic acids is 1. The summed E-state index contributed by atoms with van der Waals surface area (Å²) in [4.78, 5) is 15.6. The number of aliphatic imine (C=N–C) groups is 1. The van der Waals surface area contributed by atoms with Crippen LogP contribution in [0.4, 0.5) is 4.39 Å². The molecule has 4 nitrogen and oxygen atoms in total. The van der Waals surface area contributed by atoms with E-state index < -0.39 is 12.0 Å². The normalized spacial score (nSPS) is 13.1. The summed E-state index contributed by atoms with van der Waals surface area (Å²) in [5, 5.41) is 0.900. The average Bonchev–Trinajstić information content (AvgIpc) is 2.63. The van der Waals surface area contributed by atoms with Gasteiger partial charge in [0.25, 0.3) is 0 Å². The summed E-state index contributed by atoms with van der Waals surface area (Å²) < 4.78 is 19.0. The van der Waals surface area contributed by atoms with E-state index in [1.807, 2.05) is 0 Å². The van der Waals surface area contributed by atoms with Crippen LogP contribution in [0.15, 0.2) is 41.4 Å². The summed E-state index contributed by atoms with van der Waals surface area (Å²) in [5.74, 6) is -0.824. The maximum Gasteiger partial charge on any atom is 0.330 e. The molecule has 0 radical (unpaired) electrons. The zero-order valence-corrected chi connectivity index (χ0v) is 16.4. The maximum absolute atomic E-state index is 14.0. The fourth-order valence-electron chi connectivity index (χ4n) is 2.74. The van der Waals surface area contributed by atoms with Crippen molar-refractivity contribution in [2.45, 2.75) is 31.8 Å². The number of nitrogens with zero attached hydrogens (tertiary/aromatic N) is 1. The van der Waals surface area contributed by atoms with Crippen molar-refractivity contribution >= 4 is 35.9 Å². The molecule has 27 heavy (non-hydrogen) atoms. The first-order chi connectivity index (χ1) is 12.8. The van der Waals surface area contributed by atoms with Gasteiger partial charge in [-0.05, 0) is 61.9 Å². The second-order valence-electron chi connectivity index (χ2n) is 6.08. The van der Waals surface area contributed by atoms with Gasteiger partial charge in [-0.3, -0.25) is 4.99 Å². The molecule has 0 aromatic heterocycles. The van der Waals surface area contributed by atoms with Crippen LogP contribution in [0, 0.1) is 5.82 Å². The molecule has 0 aliphatic carbocycles. The van der Waals surface area contributed by atoms with E-state index in [9.17, 15) is 9.18 Å². The van der Waals surface area contributed by atoms with Crippen LogP contribution in [0.3, 0.4) is 0 Å². The monoisotopic (exact) mass is 410 g/mol. The van der Waals surface area contributed by atoms with Gasteiger partial charge >= 0.3 is 5.97 Å². The van der Waals surface area contributed by atoms with Gasteiger partial charge in [0.2, 0.25) is 0 Å². The van der Waals surface area contributed by atoms with Crippen molar-refractivity contribution in [3.05, 3.63) is 57.8 Å². The molecule has 0 fully saturated rings. The SMILES string of the molecule is C=N[C@H](C[C@H](N)Cc1ccc(-c2cc(Cl)ccc2F)cc1Cl)C(=O)OCC. The van der Waals surface area contributed by atoms with Crippen LogP contribution in [0.25, 0.3) is 11.1 Å². The number of hydrogen-bond acceptors (Lipinski definition) is 4. The molecule has 2 N–H and O–H groups in total. The van der Waals surface area contributed by atoms with Crippen molar-refractivity contribution < 1.29 is 13.9 Å². The molecule has 0 unspecified atom stereocenters. The lowest BCUT2D eigenvalue weighted by Crippen LogP contribution is -2.32. The molecule has 0 bridgehead atoms. The van der Waals surface area contributed by atoms with E-state index in [0.717, 1.165) is 5.56 Å². The highest BCUT2D eigenvalue weighted by Crippen LogP contribution is 2.30. The molecule has 0 aliphatic rings. The van der Waals surface area contributed by atoms with Crippen molar-refractivity contribution in [1.82, 2.24) is 0 Å². The molecule has 2 aromatic carbocycles. The molecular weight excluding hydrogens is 390 g/mol. The Morgan fingerprint density at radius 2 is 2.04 bits per heavy atom. The van der Waals surface area contributed by atoms with Crippen molar-refractivity contribution in [3.63, 3.8) is 0 Å². The zero-order chi connectivity index (χ0) is 20.0. The summed E-state index contributed by atoms with van der Waals surface area (Å²) >= 11 is 12.3. The molecule has 0 heterocycles. The predicted octanol–water partition coefficient (Wildman–Crippen LogP) is 4.69. The highest BCUT2D eigenvalue weighted by molar-refractivity contribution is 6.32. The fourth-order valence-corrected chi connectivity index (χ4v) is 3.17. The number of ether oxygens (including phenoxy) is 1. The Balaban J connectivity index is 2.12. The Morgan fingerprint density at radius 1 is 1.30 bits per heavy atom. The van der Waals surface area contributed by atoms with Gasteiger partial charge in [-0.2, -0.15) is 0 Å². The van der Waals surface area contributed by atoms with E-state index in [0.29, 0.717) is 34.0 Å². The quantitative estimate of drug-likeness (QED) is 0.506. The molecule has 7 heteroatoms. The smallest absolute Gasteiger partial charge is 0.330 e. The number of rotatable bonds is 8. The molecule has 144 valence electrons. The van der Waals surface area contributed by atoms with Gasteiger partial charge in [-0.25, -0.2) is 9.18 Å². The Kier molecular flexibility index (Phi) is 7.78. The maximum atomic E-state index is 14.0. The van der Waals surface area contributed by atoms with Gasteiger partial charge in [0.15, 0.2) is 0 Å². The average molecular weight is 411 g/mol. The van der Waals surface area contributed by atoms with Crippen molar-refractivity contribution in [2.75, 3.05) is 6.61 Å². The van der Waals surface area contributed by atoms with Crippen LogP contribution in [-0.4, -0.2) is 31.4 Å². The first kappa shape index (κ1) is 21.4. The van der Waals surface area contributed by atoms with Crippen molar-refractivity contribution in [2.24, 2.45) is 10.7 Å². The lowest BCUT2D eigenvalue weighted by atomic mass is 9.97. The molecule has 0 amide bonds. The third kappa shape index (κ3) is 5.76. The summed E-state index contributed by atoms with van der Waals surface area (Å²) in [6.45, 7) is 5.42. The van der Waals surface area contributed by atoms with E-state index in [-0.39, 0.29) is 18.5 Å². The molecule has 2 aromatic rings. The van der Waals surface area contributed by atoms with Crippen molar-refractivity contribution in [3.8, 4) is 11.1 Å². The summed E-state index contributed by atoms with van der Waals surface area (Å²) in [7, 11) is 0. The highest BCUT2D eigenvalue weighted by atomic mass is 35.5. The minimum Gasteiger partial charge on any atom is -0.464 e. The Hall–Kier alpha value is -1.95. The first-order valence-corrected chi connectivity index (χ1v) is 9.23. The van der Waals surface area contributed by atoms with Gasteiger partial charge in [0, 0.05) is 21.7 Å². The Labute approximate surface area is 168 Å². The number of hydrogen-bond donors (Lipinski definition) is 1. The molecule has 0 spiro atoms. The third-order valence-electron chi connectivity index (χ3n) is 4.08. The Bertz CT molecular complexity index is 830. The Morgan fingerprint density at radius 3 is 2.67 bits per heavy atom. The van der Waals surface area contributed by atoms with Crippen LogP contribution >= 0.6 is 23.2 Å². The minimum atomic E-state index is -0.710. The molecule has 0 aliphatic heterocycles. The second kappa shape index (κ2) is 9.83. The van der Waals surface area contributed by atoms with Crippen LogP contribution in [0.1, 0.15) is 18.9 Å². The first-order valence-electron chi connectivity index (χ1n) is 8.47. The van der Waals surface area contributed by atoms with Gasteiger partial charge in [-0.1, -0.05) is 35.3 Å². The minimum absolute atomic E-state index is 0.271. The molecule has 2 atom stereocenters. The molecule has 0 saturated carbocycles. The number of halogens is 3. The highest BCUT2D eigenvalue weighted by Gasteiger charge is 2.21. The molecule has 0 saturated heterocycles. The summed E-state index contributed by atoms with van der Waals surface area (Å²) in [6, 6.07) is 8.50. The number of carbonyl (C=O) groups is 1. The van der Waals surface area contributed by atoms with E-state index in [2.05, 4.69) is 11.7 Å². The third-order valence-corrected chi connectivity index (χ3v) is 4.67. The number of benzene rings is 2. The van der Waals surface area contributed by atoms with Gasteiger partial charge < -0.3 is 10.5 Å². The van der Waals surface area contributed by atoms with Gasteiger partial charge in [-0.15, -0.1) is 0 Å². The van der Waals surface area contributed by atoms with E-state index >= 15 is 0 Å². The topological polar surface area (TPSA) is 64.7 Å². The lowest BCUT2D eigenvalue weighted by Gasteiger charge is -2.17. The predicted molar refractivity (Wildman–Crippen MR) is 108 cm³/mol. The van der Waals surface area contributed by atoms with E-state index in [4.69, 9.17) is 33.7 Å². The summed E-state index contributed by atoms with van der Waals surface area (Å²) in [5.41, 5.74) is 7.93. The molecular formula is C20H21Cl2FN2O2. The standard InChI is InChI=1S/C20H21Cl2FN2O2/c1-3-27-20(26)19(25-2)11-15(24)8-13-5-4-12(9-17(13)22)16-10-14(21)6-7-18(16)23/h4-7,9-10,15,19H,2-3,8,11,24H2,1H3/t15-,19-/m1/s1. The second-order valence-corrected chi connectivity index (χ2v) is 6.92. The van der Waals surface area contributed by atoms with E-state index in [1.165, 1.54) is 12.1 Å². The summed E-state index contributed by atoms with van der Waals surface area (Å²) in [6.07, 6.45) is 0.728. The van der Waals surface area contributed by atoms with Gasteiger partial charge in [0.1, 0.15) is 11.9 Å². The zero-order valence-electron chi connectivity index (χ0n) is 14.9. The largest absolute Gasteiger partial charge is 0.464 e. The van der Waals surface area contributed by atoms with Gasteiger partial charge in [0.05, 0.1) is 6.61 Å². The molecule has 2 rings (SSSR count). The van der Waals surface area contributed by atoms with E-state index in [1.54, 1.807) is 31.2 Å². The van der Waals surface area contributed by atoms with Crippen molar-refractivity contribution in [1.29, 1.82) is 0 Å². The number of esters is 1. The lowest BCUT2D eigenvalue weighted by molar-refractivity contribution is -0.144. The fraction of sp³-hybridized carbons (Fsp3) is 0.300. The van der Waals surface area contributed by atoms with Crippen LogP contribution in [0.5, 0.6) is 0 Å². The van der Waals surface area contributed by atoms with Crippen LogP contribution in [-0.2, 0) is 16.0 Å². The number of nitrogens with two attached hydrogens (primary N) is 1.